The number of nitrogens with one attached hydrogen (secondary N) is 1. The summed E-state index contributed by atoms with van der Waals surface area (Å²) in [6.45, 7) is -0.340. The van der Waals surface area contributed by atoms with E-state index in [0.29, 0.717) is 12.6 Å². The fourth-order valence-corrected chi connectivity index (χ4v) is 2.10. The highest BCUT2D eigenvalue weighted by atomic mass is 19.4. The van der Waals surface area contributed by atoms with Gasteiger partial charge in [-0.3, -0.25) is 4.79 Å². The summed E-state index contributed by atoms with van der Waals surface area (Å²) in [5.41, 5.74) is -0.922. The molecule has 0 aromatic carbocycles. The number of carbonyl (C=O) groups excluding carboxylic acids is 1. The van der Waals surface area contributed by atoms with E-state index < -0.39 is 30.1 Å². The normalized spacial score (nSPS) is 21.4. The molecule has 1 aliphatic rings. The van der Waals surface area contributed by atoms with Crippen molar-refractivity contribution in [2.24, 2.45) is 0 Å². The lowest BCUT2D eigenvalue weighted by Gasteiger charge is -2.24. The van der Waals surface area contributed by atoms with Gasteiger partial charge in [0.15, 0.2) is 0 Å². The topological polar surface area (TPSA) is 45.2 Å². The summed E-state index contributed by atoms with van der Waals surface area (Å²) >= 11 is 0. The molecular formula is C12H12F5N3O. The molecule has 9 heteroatoms. The number of likely N-dealkylation sites (tertiary alicyclic amines) is 1. The van der Waals surface area contributed by atoms with E-state index in [2.05, 4.69) is 10.3 Å². The largest absolute Gasteiger partial charge is 0.417 e. The van der Waals surface area contributed by atoms with E-state index in [4.69, 9.17) is 0 Å². The summed E-state index contributed by atoms with van der Waals surface area (Å²) in [5.74, 6) is -2.99. The van der Waals surface area contributed by atoms with Gasteiger partial charge in [0.05, 0.1) is 5.56 Å². The van der Waals surface area contributed by atoms with Gasteiger partial charge in [0.1, 0.15) is 11.9 Å². The minimum atomic E-state index is -4.50. The third kappa shape index (κ3) is 3.40. The van der Waals surface area contributed by atoms with Crippen molar-refractivity contribution in [3.63, 3.8) is 0 Å². The lowest BCUT2D eigenvalue weighted by atomic mass is 10.1. The summed E-state index contributed by atoms with van der Waals surface area (Å²) in [6.07, 6.45) is -3.98. The van der Waals surface area contributed by atoms with Crippen molar-refractivity contribution in [1.29, 1.82) is 0 Å². The molecule has 0 radical (unpaired) electrons. The number of carbonyl (C=O) groups is 1. The zero-order valence-electron chi connectivity index (χ0n) is 10.7. The Bertz CT molecular complexity index is 503. The van der Waals surface area contributed by atoms with E-state index in [0.717, 1.165) is 17.0 Å². The van der Waals surface area contributed by atoms with E-state index in [1.807, 2.05) is 0 Å². The number of hydrogen-bond donors (Lipinski definition) is 1. The Balaban J connectivity index is 2.01. The quantitative estimate of drug-likeness (QED) is 0.686. The highest BCUT2D eigenvalue weighted by Crippen LogP contribution is 2.33. The minimum Gasteiger partial charge on any atom is -0.368 e. The first-order chi connectivity index (χ1) is 9.74. The summed E-state index contributed by atoms with van der Waals surface area (Å²) in [6, 6.07) is 0.528. The van der Waals surface area contributed by atoms with Gasteiger partial charge in [0, 0.05) is 25.7 Å². The van der Waals surface area contributed by atoms with Crippen molar-refractivity contribution in [2.45, 2.75) is 24.6 Å². The van der Waals surface area contributed by atoms with Crippen LogP contribution in [-0.4, -0.2) is 41.3 Å². The van der Waals surface area contributed by atoms with E-state index >= 15 is 0 Å². The third-order valence-electron chi connectivity index (χ3n) is 3.29. The number of halogens is 5. The Hall–Kier alpha value is -1.93. The number of alkyl halides is 5. The molecule has 21 heavy (non-hydrogen) atoms. The second-order valence-corrected chi connectivity index (χ2v) is 4.68. The van der Waals surface area contributed by atoms with Gasteiger partial charge in [-0.1, -0.05) is 0 Å². The first kappa shape index (κ1) is 15.5. The molecule has 0 bridgehead atoms. The zero-order chi connectivity index (χ0) is 15.7. The highest BCUT2D eigenvalue weighted by Gasteiger charge is 2.48. The maximum Gasteiger partial charge on any atom is 0.417 e. The molecule has 2 heterocycles. The van der Waals surface area contributed by atoms with Crippen molar-refractivity contribution in [3.05, 3.63) is 23.9 Å². The van der Waals surface area contributed by atoms with E-state index in [1.165, 1.54) is 0 Å². The van der Waals surface area contributed by atoms with Gasteiger partial charge >= 0.3 is 6.18 Å². The maximum atomic E-state index is 13.6. The number of nitrogens with zero attached hydrogens (tertiary/aromatic N) is 2. The van der Waals surface area contributed by atoms with Crippen molar-refractivity contribution in [1.82, 2.24) is 9.88 Å². The predicted octanol–water partition coefficient (Wildman–Crippen LogP) is 2.38. The van der Waals surface area contributed by atoms with Gasteiger partial charge in [-0.05, 0) is 12.1 Å². The zero-order valence-corrected chi connectivity index (χ0v) is 10.7. The molecule has 1 aliphatic heterocycles. The van der Waals surface area contributed by atoms with Crippen LogP contribution in [0.25, 0.3) is 0 Å². The monoisotopic (exact) mass is 309 g/mol. The standard InChI is InChI=1S/C12H12F5N3O/c13-11(14)3-4-20(7-21)9(11)6-19-10-2-1-8(5-18-10)12(15,16)17/h1-2,5,7,9H,3-4,6H2,(H,18,19). The van der Waals surface area contributed by atoms with Gasteiger partial charge in [-0.25, -0.2) is 13.8 Å². The van der Waals surface area contributed by atoms with Crippen LogP contribution >= 0.6 is 0 Å². The summed E-state index contributed by atoms with van der Waals surface area (Å²) in [7, 11) is 0. The molecule has 116 valence electrons. The number of pyridine rings is 1. The molecule has 1 saturated heterocycles. The SMILES string of the molecule is O=CN1CCC(F)(F)C1CNc1ccc(C(F)(F)F)cn1. The number of amides is 1. The van der Waals surface area contributed by atoms with Gasteiger partial charge in [-0.2, -0.15) is 13.2 Å². The van der Waals surface area contributed by atoms with Crippen molar-refractivity contribution in [3.8, 4) is 0 Å². The van der Waals surface area contributed by atoms with Crippen LogP contribution in [0.3, 0.4) is 0 Å². The summed E-state index contributed by atoms with van der Waals surface area (Å²) in [5, 5.41) is 2.53. The highest BCUT2D eigenvalue weighted by molar-refractivity contribution is 5.49. The number of rotatable bonds is 4. The number of hydrogen-bond acceptors (Lipinski definition) is 3. The molecule has 0 spiro atoms. The second-order valence-electron chi connectivity index (χ2n) is 4.68. The Kier molecular flexibility index (Phi) is 4.02. The van der Waals surface area contributed by atoms with E-state index in [-0.39, 0.29) is 18.9 Å². The predicted molar refractivity (Wildman–Crippen MR) is 63.9 cm³/mol. The molecule has 2 rings (SSSR count). The summed E-state index contributed by atoms with van der Waals surface area (Å²) in [4.78, 5) is 15.2. The average molecular weight is 309 g/mol. The van der Waals surface area contributed by atoms with Crippen LogP contribution in [0.5, 0.6) is 0 Å². The molecule has 1 amide bonds. The number of anilines is 1. The molecule has 1 aromatic rings. The lowest BCUT2D eigenvalue weighted by Crippen LogP contribution is -2.43. The Morgan fingerprint density at radius 3 is 2.67 bits per heavy atom. The molecule has 1 unspecified atom stereocenters. The average Bonchev–Trinajstić information content (AvgIpc) is 2.70. The van der Waals surface area contributed by atoms with Crippen LogP contribution in [0.2, 0.25) is 0 Å². The molecule has 0 aliphatic carbocycles. The molecule has 0 saturated carbocycles. The van der Waals surface area contributed by atoms with Crippen molar-refractivity contribution < 1.29 is 26.7 Å². The first-order valence-corrected chi connectivity index (χ1v) is 6.10. The van der Waals surface area contributed by atoms with Gasteiger partial charge in [-0.15, -0.1) is 0 Å². The van der Waals surface area contributed by atoms with Gasteiger partial charge in [0.2, 0.25) is 6.41 Å². The summed E-state index contributed by atoms with van der Waals surface area (Å²) < 4.78 is 64.2. The van der Waals surface area contributed by atoms with Crippen LogP contribution in [0, 0.1) is 0 Å². The van der Waals surface area contributed by atoms with Crippen LogP contribution < -0.4 is 5.32 Å². The molecule has 1 atom stereocenters. The first-order valence-electron chi connectivity index (χ1n) is 6.10. The van der Waals surface area contributed by atoms with Crippen LogP contribution in [-0.2, 0) is 11.0 Å². The smallest absolute Gasteiger partial charge is 0.368 e. The molecule has 1 N–H and O–H groups in total. The number of aromatic nitrogens is 1. The Labute approximate surface area is 116 Å². The lowest BCUT2D eigenvalue weighted by molar-refractivity contribution is -0.137. The van der Waals surface area contributed by atoms with Gasteiger partial charge < -0.3 is 10.2 Å². The van der Waals surface area contributed by atoms with Gasteiger partial charge in [0.25, 0.3) is 5.92 Å². The van der Waals surface area contributed by atoms with Crippen LogP contribution in [0.4, 0.5) is 27.8 Å². The fourth-order valence-electron chi connectivity index (χ4n) is 2.10. The van der Waals surface area contributed by atoms with Crippen molar-refractivity contribution >= 4 is 12.2 Å². The Morgan fingerprint density at radius 1 is 1.43 bits per heavy atom. The van der Waals surface area contributed by atoms with E-state index in [1.54, 1.807) is 0 Å². The molecule has 4 nitrogen and oxygen atoms in total. The van der Waals surface area contributed by atoms with Crippen LogP contribution in [0.1, 0.15) is 12.0 Å². The fraction of sp³-hybridized carbons (Fsp3) is 0.500. The van der Waals surface area contributed by atoms with Crippen LogP contribution in [0.15, 0.2) is 18.3 Å². The maximum absolute atomic E-state index is 13.6. The van der Waals surface area contributed by atoms with Crippen molar-refractivity contribution in [2.75, 3.05) is 18.4 Å². The second kappa shape index (κ2) is 5.45. The molecule has 1 fully saturated rings. The molecular weight excluding hydrogens is 297 g/mol. The minimum absolute atomic E-state index is 0.0385. The van der Waals surface area contributed by atoms with E-state index in [9.17, 15) is 26.7 Å². The Morgan fingerprint density at radius 2 is 2.14 bits per heavy atom. The molecule has 1 aromatic heterocycles. The third-order valence-corrected chi connectivity index (χ3v) is 3.29.